The first-order chi connectivity index (χ1) is 17.5. The van der Waals surface area contributed by atoms with Crippen LogP contribution in [0.15, 0.2) is 0 Å². The van der Waals surface area contributed by atoms with Crippen molar-refractivity contribution >= 4 is 36.1 Å². The van der Waals surface area contributed by atoms with Gasteiger partial charge in [-0.15, -0.1) is 0 Å². The van der Waals surface area contributed by atoms with E-state index in [4.69, 9.17) is 28.4 Å². The van der Waals surface area contributed by atoms with E-state index in [2.05, 4.69) is 30.9 Å². The first-order valence-corrected chi connectivity index (χ1v) is 11.8. The second-order valence-corrected chi connectivity index (χ2v) is 7.12. The maximum atomic E-state index is 12.0. The number of nitrogens with one attached hydrogen (secondary N) is 3. The van der Waals surface area contributed by atoms with Crippen molar-refractivity contribution in [2.75, 3.05) is 56.1 Å². The van der Waals surface area contributed by atoms with E-state index in [1.165, 1.54) is 0 Å². The van der Waals surface area contributed by atoms with Gasteiger partial charge in [-0.05, 0) is 19.3 Å². The van der Waals surface area contributed by atoms with Crippen LogP contribution in [0, 0.1) is 0 Å². The molecular weight excluding hydrogens is 480 g/mol. The minimum absolute atomic E-state index is 0.276. The van der Waals surface area contributed by atoms with Crippen molar-refractivity contribution in [3.05, 3.63) is 0 Å². The zero-order valence-corrected chi connectivity index (χ0v) is 21.0. The van der Waals surface area contributed by atoms with Crippen molar-refractivity contribution < 1.29 is 42.8 Å². The molecule has 1 heterocycles. The molecule has 36 heavy (non-hydrogen) atoms. The summed E-state index contributed by atoms with van der Waals surface area (Å²) in [5.74, 6) is -0.979. The first-order valence-electron chi connectivity index (χ1n) is 11.8. The van der Waals surface area contributed by atoms with Gasteiger partial charge in [0.1, 0.15) is 0 Å². The third kappa shape index (κ3) is 15.6. The molecule has 1 aromatic rings. The van der Waals surface area contributed by atoms with Gasteiger partial charge < -0.3 is 28.4 Å². The molecular formula is C21H36N6O9. The van der Waals surface area contributed by atoms with Crippen molar-refractivity contribution in [3.8, 4) is 0 Å². The minimum atomic E-state index is -0.923. The van der Waals surface area contributed by atoms with Crippen molar-refractivity contribution in [1.82, 2.24) is 15.0 Å². The molecule has 0 unspecified atom stereocenters. The summed E-state index contributed by atoms with van der Waals surface area (Å²) in [5.41, 5.74) is 0. The highest BCUT2D eigenvalue weighted by atomic mass is 16.7. The van der Waals surface area contributed by atoms with Crippen LogP contribution in [0.3, 0.4) is 0 Å². The predicted octanol–water partition coefficient (Wildman–Crippen LogP) is 3.84. The molecule has 204 valence electrons. The Hall–Kier alpha value is -3.30. The van der Waals surface area contributed by atoms with Crippen LogP contribution in [0.1, 0.15) is 59.3 Å². The van der Waals surface area contributed by atoms with Crippen molar-refractivity contribution in [2.45, 2.75) is 59.3 Å². The van der Waals surface area contributed by atoms with Crippen molar-refractivity contribution in [3.63, 3.8) is 0 Å². The Labute approximate surface area is 209 Å². The van der Waals surface area contributed by atoms with E-state index in [1.54, 1.807) is 0 Å². The van der Waals surface area contributed by atoms with E-state index in [-0.39, 0.29) is 38.2 Å². The Bertz CT molecular complexity index is 672. The lowest BCUT2D eigenvalue weighted by Gasteiger charge is -2.11. The zero-order chi connectivity index (χ0) is 26.4. The summed E-state index contributed by atoms with van der Waals surface area (Å²) in [6, 6.07) is 0. The third-order valence-corrected chi connectivity index (χ3v) is 4.02. The molecule has 3 amide bonds. The number of hydrogen-bond donors (Lipinski definition) is 3. The standard InChI is InChI=1S/C21H36N6O9/c1-4-7-10-31-13-34-19(28)25-16-22-17(26-20(29)35-14-32-11-8-5-2)24-18(23-16)27-21(30)36-15-33-12-9-6-3/h4-15H2,1-3H3,(H3,22,23,24,25,26,27,28,29,30). The fourth-order valence-corrected chi connectivity index (χ4v) is 2.13. The number of amides is 3. The maximum Gasteiger partial charge on any atom is 0.416 e. The highest BCUT2D eigenvalue weighted by Gasteiger charge is 2.15. The predicted molar refractivity (Wildman–Crippen MR) is 127 cm³/mol. The quantitative estimate of drug-likeness (QED) is 0.146. The van der Waals surface area contributed by atoms with Gasteiger partial charge in [0.15, 0.2) is 20.4 Å². The Morgan fingerprint density at radius 1 is 0.556 bits per heavy atom. The van der Waals surface area contributed by atoms with Crippen LogP contribution in [-0.4, -0.2) is 73.4 Å². The highest BCUT2D eigenvalue weighted by molar-refractivity contribution is 5.86. The number of carbonyl (C=O) groups is 3. The summed E-state index contributed by atoms with van der Waals surface area (Å²) in [6.45, 7) is 6.48. The Morgan fingerprint density at radius 2 is 0.833 bits per heavy atom. The molecule has 1 aromatic heterocycles. The minimum Gasteiger partial charge on any atom is -0.422 e. The smallest absolute Gasteiger partial charge is 0.416 e. The Kier molecular flexibility index (Phi) is 17.0. The average molecular weight is 517 g/mol. The lowest BCUT2D eigenvalue weighted by molar-refractivity contribution is -0.0114. The van der Waals surface area contributed by atoms with Gasteiger partial charge >= 0.3 is 18.3 Å². The van der Waals surface area contributed by atoms with Gasteiger partial charge in [0.05, 0.1) is 19.8 Å². The number of nitrogens with zero attached hydrogens (tertiary/aromatic N) is 3. The summed E-state index contributed by atoms with van der Waals surface area (Å²) in [7, 11) is 0. The van der Waals surface area contributed by atoms with Gasteiger partial charge in [-0.1, -0.05) is 40.0 Å². The molecule has 0 radical (unpaired) electrons. The number of aromatic nitrogens is 3. The van der Waals surface area contributed by atoms with Gasteiger partial charge in [-0.3, -0.25) is 16.0 Å². The average Bonchev–Trinajstić information content (AvgIpc) is 2.83. The molecule has 1 rings (SSSR count). The summed E-state index contributed by atoms with van der Waals surface area (Å²) in [6.07, 6.45) is 2.50. The van der Waals surface area contributed by atoms with Gasteiger partial charge in [-0.25, -0.2) is 14.4 Å². The number of carbonyl (C=O) groups excluding carboxylic acids is 3. The number of hydrogen-bond acceptors (Lipinski definition) is 12. The molecule has 0 bridgehead atoms. The van der Waals surface area contributed by atoms with E-state index in [0.29, 0.717) is 19.8 Å². The molecule has 0 aliphatic carbocycles. The molecule has 0 atom stereocenters. The van der Waals surface area contributed by atoms with Gasteiger partial charge in [0, 0.05) is 0 Å². The second-order valence-electron chi connectivity index (χ2n) is 7.12. The van der Waals surface area contributed by atoms with Gasteiger partial charge in [-0.2, -0.15) is 15.0 Å². The summed E-state index contributed by atoms with van der Waals surface area (Å²) >= 11 is 0. The number of rotatable bonds is 18. The topological polar surface area (TPSA) is 181 Å². The second kappa shape index (κ2) is 19.9. The van der Waals surface area contributed by atoms with Crippen LogP contribution < -0.4 is 16.0 Å². The van der Waals surface area contributed by atoms with E-state index in [0.717, 1.165) is 38.5 Å². The molecule has 0 aliphatic rings. The molecule has 0 saturated carbocycles. The van der Waals surface area contributed by atoms with E-state index < -0.39 is 18.3 Å². The molecule has 3 N–H and O–H groups in total. The molecule has 0 aliphatic heterocycles. The van der Waals surface area contributed by atoms with E-state index in [1.807, 2.05) is 20.8 Å². The lowest BCUT2D eigenvalue weighted by Crippen LogP contribution is -2.23. The molecule has 15 heteroatoms. The number of anilines is 3. The van der Waals surface area contributed by atoms with E-state index in [9.17, 15) is 14.4 Å². The SMILES string of the molecule is CCCCOCOC(=O)Nc1nc(NC(=O)OCOCCCC)nc(NC(=O)OCOCCCC)n1. The molecule has 0 fully saturated rings. The van der Waals surface area contributed by atoms with E-state index >= 15 is 0 Å². The molecule has 0 saturated heterocycles. The van der Waals surface area contributed by atoms with Gasteiger partial charge in [0.2, 0.25) is 17.8 Å². The lowest BCUT2D eigenvalue weighted by atomic mass is 10.4. The van der Waals surface area contributed by atoms with Crippen LogP contribution in [0.4, 0.5) is 32.2 Å². The number of unbranched alkanes of at least 4 members (excludes halogenated alkanes) is 3. The summed E-state index contributed by atoms with van der Waals surface area (Å²) in [5, 5.41) is 6.77. The third-order valence-electron chi connectivity index (χ3n) is 4.02. The Morgan fingerprint density at radius 3 is 1.08 bits per heavy atom. The van der Waals surface area contributed by atoms with Crippen LogP contribution in [0.2, 0.25) is 0 Å². The molecule has 0 aromatic carbocycles. The zero-order valence-electron chi connectivity index (χ0n) is 21.0. The maximum absolute atomic E-state index is 12.0. The van der Waals surface area contributed by atoms with Crippen LogP contribution in [0.5, 0.6) is 0 Å². The normalized spacial score (nSPS) is 10.4. The highest BCUT2D eigenvalue weighted by Crippen LogP contribution is 2.11. The first kappa shape index (κ1) is 30.7. The van der Waals surface area contributed by atoms with Crippen LogP contribution in [0.25, 0.3) is 0 Å². The monoisotopic (exact) mass is 516 g/mol. The molecule has 15 nitrogen and oxygen atoms in total. The Balaban J connectivity index is 2.73. The van der Waals surface area contributed by atoms with Crippen molar-refractivity contribution in [1.29, 1.82) is 0 Å². The number of ether oxygens (including phenoxy) is 6. The molecule has 0 spiro atoms. The summed E-state index contributed by atoms with van der Waals surface area (Å²) < 4.78 is 30.1. The van der Waals surface area contributed by atoms with Gasteiger partial charge in [0.25, 0.3) is 0 Å². The van der Waals surface area contributed by atoms with Crippen LogP contribution >= 0.6 is 0 Å². The fourth-order valence-electron chi connectivity index (χ4n) is 2.13. The van der Waals surface area contributed by atoms with Crippen LogP contribution in [-0.2, 0) is 28.4 Å². The summed E-state index contributed by atoms with van der Waals surface area (Å²) in [4.78, 5) is 47.7. The van der Waals surface area contributed by atoms with Crippen molar-refractivity contribution in [2.24, 2.45) is 0 Å². The fraction of sp³-hybridized carbons (Fsp3) is 0.714. The largest absolute Gasteiger partial charge is 0.422 e.